The van der Waals surface area contributed by atoms with Crippen molar-refractivity contribution in [3.8, 4) is 6.07 Å². The van der Waals surface area contributed by atoms with Crippen LogP contribution in [0.1, 0.15) is 11.1 Å². The number of imidazole rings is 1. The molecule has 0 saturated carbocycles. The minimum atomic E-state index is -0.180. The molecule has 0 bridgehead atoms. The third-order valence-electron chi connectivity index (χ3n) is 4.07. The van der Waals surface area contributed by atoms with Gasteiger partial charge in [-0.1, -0.05) is 53.7 Å². The molecule has 0 amide bonds. The van der Waals surface area contributed by atoms with Crippen molar-refractivity contribution in [2.75, 3.05) is 13.7 Å². The first kappa shape index (κ1) is 17.5. The summed E-state index contributed by atoms with van der Waals surface area (Å²) in [6.07, 6.45) is 0.703. The molecule has 0 saturated heterocycles. The van der Waals surface area contributed by atoms with E-state index in [1.54, 1.807) is 7.11 Å². The molecule has 128 valence electrons. The van der Waals surface area contributed by atoms with Gasteiger partial charge in [-0.25, -0.2) is 4.98 Å². The van der Waals surface area contributed by atoms with Crippen molar-refractivity contribution in [2.45, 2.75) is 30.3 Å². The molecule has 4 nitrogen and oxygen atoms in total. The Balaban J connectivity index is 1.84. The standard InChI is InChI=1S/C20H21N3OS/c1-15-7-9-16(10-8-15)13-17(14-21)25-20-22-18-5-3-4-6-19(18)23(20)11-12-24-2/h3-10,17H,11-13H2,1-2H3/t17-/m1/s1. The number of hydrogen-bond donors (Lipinski definition) is 0. The summed E-state index contributed by atoms with van der Waals surface area (Å²) in [7, 11) is 1.70. The van der Waals surface area contributed by atoms with Gasteiger partial charge >= 0.3 is 0 Å². The number of ether oxygens (including phenoxy) is 1. The second-order valence-corrected chi connectivity index (χ2v) is 7.12. The van der Waals surface area contributed by atoms with E-state index in [0.29, 0.717) is 13.0 Å². The lowest BCUT2D eigenvalue weighted by molar-refractivity contribution is 0.186. The Morgan fingerprint density at radius 1 is 1.20 bits per heavy atom. The first-order valence-electron chi connectivity index (χ1n) is 8.27. The zero-order chi connectivity index (χ0) is 17.6. The maximum Gasteiger partial charge on any atom is 0.170 e. The van der Waals surface area contributed by atoms with Crippen molar-refractivity contribution >= 4 is 22.8 Å². The van der Waals surface area contributed by atoms with Gasteiger partial charge in [0.1, 0.15) is 5.25 Å². The zero-order valence-corrected chi connectivity index (χ0v) is 15.3. The summed E-state index contributed by atoms with van der Waals surface area (Å²) in [5, 5.41) is 10.3. The fraction of sp³-hybridized carbons (Fsp3) is 0.300. The Bertz CT molecular complexity index is 880. The SMILES string of the molecule is COCCn1c(S[C@@H](C#N)Cc2ccc(C)cc2)nc2ccccc21. The lowest BCUT2D eigenvalue weighted by Gasteiger charge is -2.11. The number of thioether (sulfide) groups is 1. The van der Waals surface area contributed by atoms with Gasteiger partial charge in [-0.3, -0.25) is 0 Å². The molecule has 1 aromatic heterocycles. The minimum absolute atomic E-state index is 0.180. The van der Waals surface area contributed by atoms with Crippen molar-refractivity contribution < 1.29 is 4.74 Å². The number of benzene rings is 2. The number of nitriles is 1. The summed E-state index contributed by atoms with van der Waals surface area (Å²) in [4.78, 5) is 4.73. The number of aryl methyl sites for hydroxylation is 1. The number of hydrogen-bond acceptors (Lipinski definition) is 4. The average Bonchev–Trinajstić information content (AvgIpc) is 2.98. The van der Waals surface area contributed by atoms with Crippen molar-refractivity contribution in [1.29, 1.82) is 5.26 Å². The van der Waals surface area contributed by atoms with Crippen LogP contribution in [0.3, 0.4) is 0 Å². The third kappa shape index (κ3) is 4.22. The highest BCUT2D eigenvalue weighted by molar-refractivity contribution is 8.00. The van der Waals surface area contributed by atoms with Crippen LogP contribution in [0, 0.1) is 18.3 Å². The van der Waals surface area contributed by atoms with E-state index in [4.69, 9.17) is 9.72 Å². The molecule has 0 fully saturated rings. The molecular weight excluding hydrogens is 330 g/mol. The first-order chi connectivity index (χ1) is 12.2. The predicted molar refractivity (Wildman–Crippen MR) is 102 cm³/mol. The smallest absolute Gasteiger partial charge is 0.170 e. The van der Waals surface area contributed by atoms with Crippen LogP contribution in [0.25, 0.3) is 11.0 Å². The quantitative estimate of drug-likeness (QED) is 0.598. The Morgan fingerprint density at radius 3 is 2.68 bits per heavy atom. The topological polar surface area (TPSA) is 50.8 Å². The fourth-order valence-electron chi connectivity index (χ4n) is 2.72. The molecule has 3 rings (SSSR count). The van der Waals surface area contributed by atoms with Crippen molar-refractivity contribution in [3.05, 3.63) is 59.7 Å². The third-order valence-corrected chi connectivity index (χ3v) is 5.15. The van der Waals surface area contributed by atoms with Gasteiger partial charge in [0, 0.05) is 13.7 Å². The molecule has 25 heavy (non-hydrogen) atoms. The van der Waals surface area contributed by atoms with Crippen LogP contribution in [0.15, 0.2) is 53.7 Å². The summed E-state index contributed by atoms with van der Waals surface area (Å²) in [6.45, 7) is 3.41. The van der Waals surface area contributed by atoms with Crippen LogP contribution in [0.4, 0.5) is 0 Å². The Morgan fingerprint density at radius 2 is 1.96 bits per heavy atom. The van der Waals surface area contributed by atoms with Gasteiger partial charge < -0.3 is 9.30 Å². The molecule has 5 heteroatoms. The molecule has 0 radical (unpaired) electrons. The van der Waals surface area contributed by atoms with E-state index in [1.807, 2.05) is 18.2 Å². The second-order valence-electron chi connectivity index (χ2n) is 5.95. The molecule has 1 heterocycles. The summed E-state index contributed by atoms with van der Waals surface area (Å²) >= 11 is 1.53. The fourth-order valence-corrected chi connectivity index (χ4v) is 3.77. The molecule has 2 aromatic carbocycles. The van der Waals surface area contributed by atoms with Crippen molar-refractivity contribution in [3.63, 3.8) is 0 Å². The Hall–Kier alpha value is -2.29. The van der Waals surface area contributed by atoms with E-state index in [9.17, 15) is 5.26 Å². The number of fused-ring (bicyclic) bond motifs is 1. The normalized spacial score (nSPS) is 12.2. The van der Waals surface area contributed by atoms with E-state index in [-0.39, 0.29) is 5.25 Å². The highest BCUT2D eigenvalue weighted by atomic mass is 32.2. The van der Waals surface area contributed by atoms with Gasteiger partial charge in [0.25, 0.3) is 0 Å². The lowest BCUT2D eigenvalue weighted by Crippen LogP contribution is -2.09. The number of para-hydroxylation sites is 2. The van der Waals surface area contributed by atoms with Crippen LogP contribution in [-0.2, 0) is 17.7 Å². The molecule has 0 aliphatic rings. The molecule has 0 spiro atoms. The molecule has 3 aromatic rings. The zero-order valence-electron chi connectivity index (χ0n) is 14.5. The molecule has 0 aliphatic carbocycles. The average molecular weight is 351 g/mol. The molecule has 0 aliphatic heterocycles. The van der Waals surface area contributed by atoms with E-state index < -0.39 is 0 Å². The van der Waals surface area contributed by atoms with E-state index in [2.05, 4.69) is 47.9 Å². The largest absolute Gasteiger partial charge is 0.383 e. The Kier molecular flexibility index (Phi) is 5.75. The van der Waals surface area contributed by atoms with Gasteiger partial charge in [0.05, 0.1) is 23.7 Å². The highest BCUT2D eigenvalue weighted by Crippen LogP contribution is 2.28. The number of aromatic nitrogens is 2. The molecule has 0 N–H and O–H groups in total. The van der Waals surface area contributed by atoms with Crippen LogP contribution in [0.2, 0.25) is 0 Å². The second kappa shape index (κ2) is 8.19. The number of methoxy groups -OCH3 is 1. The number of rotatable bonds is 7. The van der Waals surface area contributed by atoms with E-state index in [0.717, 1.165) is 22.7 Å². The lowest BCUT2D eigenvalue weighted by atomic mass is 10.1. The molecular formula is C20H21N3OS. The minimum Gasteiger partial charge on any atom is -0.383 e. The van der Waals surface area contributed by atoms with Crippen LogP contribution in [-0.4, -0.2) is 28.5 Å². The van der Waals surface area contributed by atoms with Crippen molar-refractivity contribution in [1.82, 2.24) is 9.55 Å². The summed E-state index contributed by atoms with van der Waals surface area (Å²) in [5.74, 6) is 0. The molecule has 0 unspecified atom stereocenters. The maximum atomic E-state index is 9.61. The van der Waals surface area contributed by atoms with E-state index >= 15 is 0 Å². The van der Waals surface area contributed by atoms with Gasteiger partial charge in [0.2, 0.25) is 0 Å². The summed E-state index contributed by atoms with van der Waals surface area (Å²) < 4.78 is 7.38. The summed E-state index contributed by atoms with van der Waals surface area (Å²) in [6, 6.07) is 18.8. The van der Waals surface area contributed by atoms with Crippen LogP contribution in [0.5, 0.6) is 0 Å². The predicted octanol–water partition coefficient (Wildman–Crippen LogP) is 4.22. The van der Waals surface area contributed by atoms with Gasteiger partial charge in [0.15, 0.2) is 5.16 Å². The van der Waals surface area contributed by atoms with Gasteiger partial charge in [-0.05, 0) is 31.0 Å². The first-order valence-corrected chi connectivity index (χ1v) is 9.15. The Labute approximate surface area is 152 Å². The number of nitrogens with zero attached hydrogens (tertiary/aromatic N) is 3. The van der Waals surface area contributed by atoms with Crippen LogP contribution < -0.4 is 0 Å². The summed E-state index contributed by atoms with van der Waals surface area (Å²) in [5.41, 5.74) is 4.43. The highest BCUT2D eigenvalue weighted by Gasteiger charge is 2.17. The van der Waals surface area contributed by atoms with Gasteiger partial charge in [-0.2, -0.15) is 5.26 Å². The van der Waals surface area contributed by atoms with Gasteiger partial charge in [-0.15, -0.1) is 0 Å². The van der Waals surface area contributed by atoms with E-state index in [1.165, 1.54) is 22.9 Å². The maximum absolute atomic E-state index is 9.61. The molecule has 1 atom stereocenters. The van der Waals surface area contributed by atoms with Crippen molar-refractivity contribution in [2.24, 2.45) is 0 Å². The van der Waals surface area contributed by atoms with Crippen LogP contribution >= 0.6 is 11.8 Å². The monoisotopic (exact) mass is 351 g/mol.